The minimum atomic E-state index is 0.190. The van der Waals surface area contributed by atoms with Gasteiger partial charge in [0.15, 0.2) is 0 Å². The van der Waals surface area contributed by atoms with E-state index in [0.29, 0.717) is 6.54 Å². The second-order valence-electron chi connectivity index (χ2n) is 6.41. The van der Waals surface area contributed by atoms with Gasteiger partial charge >= 0.3 is 0 Å². The van der Waals surface area contributed by atoms with E-state index in [0.717, 1.165) is 17.0 Å². The van der Waals surface area contributed by atoms with Crippen LogP contribution in [0.15, 0.2) is 40.1 Å². The van der Waals surface area contributed by atoms with Gasteiger partial charge in [-0.25, -0.2) is 0 Å². The van der Waals surface area contributed by atoms with Crippen LogP contribution >= 0.6 is 11.8 Å². The molecule has 0 aliphatic carbocycles. The highest BCUT2D eigenvalue weighted by Gasteiger charge is 2.14. The van der Waals surface area contributed by atoms with Crippen molar-refractivity contribution in [3.8, 4) is 0 Å². The molecule has 21 heavy (non-hydrogen) atoms. The summed E-state index contributed by atoms with van der Waals surface area (Å²) in [7, 11) is 0. The van der Waals surface area contributed by atoms with Gasteiger partial charge in [-0.2, -0.15) is 0 Å². The molecular weight excluding hydrogens is 276 g/mol. The Morgan fingerprint density at radius 3 is 2.24 bits per heavy atom. The summed E-state index contributed by atoms with van der Waals surface area (Å²) in [6.07, 6.45) is 0. The molecule has 2 N–H and O–H groups in total. The van der Waals surface area contributed by atoms with Crippen molar-refractivity contribution in [1.82, 2.24) is 4.98 Å². The smallest absolute Gasteiger partial charge is 0.0432 e. The molecule has 0 amide bonds. The van der Waals surface area contributed by atoms with Crippen molar-refractivity contribution in [3.63, 3.8) is 0 Å². The Kier molecular flexibility index (Phi) is 4.74. The molecule has 1 aromatic heterocycles. The van der Waals surface area contributed by atoms with Gasteiger partial charge in [-0.3, -0.25) is 4.98 Å². The Hall–Kier alpha value is -1.32. The number of aromatic nitrogens is 1. The second-order valence-corrected chi connectivity index (χ2v) is 7.52. The molecule has 2 aromatic rings. The number of rotatable bonds is 3. The Balaban J connectivity index is 2.30. The van der Waals surface area contributed by atoms with Crippen LogP contribution in [-0.4, -0.2) is 4.98 Å². The van der Waals surface area contributed by atoms with Crippen molar-refractivity contribution in [1.29, 1.82) is 0 Å². The minimum Gasteiger partial charge on any atom is -0.326 e. The van der Waals surface area contributed by atoms with Crippen LogP contribution in [0.1, 0.15) is 43.3 Å². The van der Waals surface area contributed by atoms with Crippen molar-refractivity contribution in [2.24, 2.45) is 5.73 Å². The van der Waals surface area contributed by atoms with E-state index < -0.39 is 0 Å². The van der Waals surface area contributed by atoms with Crippen molar-refractivity contribution in [3.05, 3.63) is 52.8 Å². The molecule has 1 heterocycles. The van der Waals surface area contributed by atoms with Crippen molar-refractivity contribution >= 4 is 11.8 Å². The van der Waals surface area contributed by atoms with Crippen molar-refractivity contribution < 1.29 is 0 Å². The average Bonchev–Trinajstić information content (AvgIpc) is 2.38. The molecule has 0 unspecified atom stereocenters. The van der Waals surface area contributed by atoms with Gasteiger partial charge < -0.3 is 5.73 Å². The highest BCUT2D eigenvalue weighted by Crippen LogP contribution is 2.33. The van der Waals surface area contributed by atoms with Crippen LogP contribution in [0.3, 0.4) is 0 Å². The SMILES string of the molecule is Cc1cc(Sc2ccc(C(C)(C)C)cc2)c(CN)c(C)n1. The van der Waals surface area contributed by atoms with Gasteiger partial charge in [-0.05, 0) is 43.0 Å². The fraction of sp³-hybridized carbons (Fsp3) is 0.389. The zero-order chi connectivity index (χ0) is 15.6. The van der Waals surface area contributed by atoms with E-state index in [1.165, 1.54) is 15.4 Å². The maximum atomic E-state index is 5.88. The molecule has 0 saturated heterocycles. The van der Waals surface area contributed by atoms with E-state index in [4.69, 9.17) is 5.73 Å². The summed E-state index contributed by atoms with van der Waals surface area (Å²) in [5, 5.41) is 0. The second kappa shape index (κ2) is 6.20. The first-order chi connectivity index (χ1) is 9.81. The van der Waals surface area contributed by atoms with Crippen molar-refractivity contribution in [2.45, 2.75) is 56.4 Å². The van der Waals surface area contributed by atoms with E-state index in [1.807, 2.05) is 13.8 Å². The lowest BCUT2D eigenvalue weighted by Gasteiger charge is -2.19. The molecule has 0 aliphatic heterocycles. The summed E-state index contributed by atoms with van der Waals surface area (Å²) in [6.45, 7) is 11.3. The van der Waals surface area contributed by atoms with Gasteiger partial charge in [0.25, 0.3) is 0 Å². The van der Waals surface area contributed by atoms with Crippen LogP contribution in [0.2, 0.25) is 0 Å². The summed E-state index contributed by atoms with van der Waals surface area (Å²) in [5.41, 5.74) is 10.6. The zero-order valence-corrected chi connectivity index (χ0v) is 14.3. The lowest BCUT2D eigenvalue weighted by Crippen LogP contribution is -2.10. The van der Waals surface area contributed by atoms with Crippen LogP contribution in [0, 0.1) is 13.8 Å². The van der Waals surface area contributed by atoms with Crippen molar-refractivity contribution in [2.75, 3.05) is 0 Å². The Labute approximate surface area is 132 Å². The summed E-state index contributed by atoms with van der Waals surface area (Å²) in [6, 6.07) is 10.9. The summed E-state index contributed by atoms with van der Waals surface area (Å²) >= 11 is 1.77. The molecule has 0 fully saturated rings. The molecule has 2 rings (SSSR count). The Morgan fingerprint density at radius 2 is 1.71 bits per heavy atom. The molecule has 2 nitrogen and oxygen atoms in total. The molecule has 1 aromatic carbocycles. The van der Waals surface area contributed by atoms with Gasteiger partial charge in [0, 0.05) is 33.3 Å². The van der Waals surface area contributed by atoms with E-state index in [-0.39, 0.29) is 5.41 Å². The molecule has 112 valence electrons. The summed E-state index contributed by atoms with van der Waals surface area (Å²) < 4.78 is 0. The number of pyridine rings is 1. The van der Waals surface area contributed by atoms with Gasteiger partial charge in [0.1, 0.15) is 0 Å². The highest BCUT2D eigenvalue weighted by molar-refractivity contribution is 7.99. The quantitative estimate of drug-likeness (QED) is 0.900. The predicted molar refractivity (Wildman–Crippen MR) is 90.9 cm³/mol. The topological polar surface area (TPSA) is 38.9 Å². The first-order valence-corrected chi connectivity index (χ1v) is 8.08. The Morgan fingerprint density at radius 1 is 1.10 bits per heavy atom. The van der Waals surface area contributed by atoms with Crippen LogP contribution in [0.25, 0.3) is 0 Å². The van der Waals surface area contributed by atoms with Crippen LogP contribution in [0.4, 0.5) is 0 Å². The third-order valence-corrected chi connectivity index (χ3v) is 4.66. The highest BCUT2D eigenvalue weighted by atomic mass is 32.2. The molecule has 0 saturated carbocycles. The largest absolute Gasteiger partial charge is 0.326 e. The van der Waals surface area contributed by atoms with E-state index in [9.17, 15) is 0 Å². The lowest BCUT2D eigenvalue weighted by molar-refractivity contribution is 0.590. The van der Waals surface area contributed by atoms with E-state index in [1.54, 1.807) is 11.8 Å². The first-order valence-electron chi connectivity index (χ1n) is 7.27. The fourth-order valence-electron chi connectivity index (χ4n) is 2.31. The molecule has 0 radical (unpaired) electrons. The molecule has 0 aliphatic rings. The number of aryl methyl sites for hydroxylation is 2. The number of benzene rings is 1. The standard InChI is InChI=1S/C18H24N2S/c1-12-10-17(16(11-19)13(2)20-12)21-15-8-6-14(7-9-15)18(3,4)5/h6-10H,11,19H2,1-5H3. The van der Waals surface area contributed by atoms with Crippen LogP contribution in [-0.2, 0) is 12.0 Å². The number of hydrogen-bond acceptors (Lipinski definition) is 3. The monoisotopic (exact) mass is 300 g/mol. The molecular formula is C18H24N2S. The van der Waals surface area contributed by atoms with Gasteiger partial charge in [0.2, 0.25) is 0 Å². The Bertz CT molecular complexity index is 625. The van der Waals surface area contributed by atoms with Crippen LogP contribution < -0.4 is 5.73 Å². The molecule has 3 heteroatoms. The van der Waals surface area contributed by atoms with Gasteiger partial charge in [0.05, 0.1) is 0 Å². The zero-order valence-electron chi connectivity index (χ0n) is 13.5. The van der Waals surface area contributed by atoms with Crippen LogP contribution in [0.5, 0.6) is 0 Å². The van der Waals surface area contributed by atoms with Gasteiger partial charge in [-0.15, -0.1) is 0 Å². The summed E-state index contributed by atoms with van der Waals surface area (Å²) in [5.74, 6) is 0. The number of nitrogens with two attached hydrogens (primary N) is 1. The molecule has 0 atom stereocenters. The third kappa shape index (κ3) is 3.86. The molecule has 0 spiro atoms. The fourth-order valence-corrected chi connectivity index (χ4v) is 3.42. The van der Waals surface area contributed by atoms with Gasteiger partial charge in [-0.1, -0.05) is 44.7 Å². The number of hydrogen-bond donors (Lipinski definition) is 1. The maximum Gasteiger partial charge on any atom is 0.0432 e. The lowest BCUT2D eigenvalue weighted by atomic mass is 9.87. The average molecular weight is 300 g/mol. The third-order valence-electron chi connectivity index (χ3n) is 3.57. The van der Waals surface area contributed by atoms with E-state index >= 15 is 0 Å². The minimum absolute atomic E-state index is 0.190. The summed E-state index contributed by atoms with van der Waals surface area (Å²) in [4.78, 5) is 6.95. The normalized spacial score (nSPS) is 11.7. The van der Waals surface area contributed by atoms with E-state index in [2.05, 4.69) is 56.1 Å². The molecule has 0 bridgehead atoms. The maximum absolute atomic E-state index is 5.88. The number of nitrogens with zero attached hydrogens (tertiary/aromatic N) is 1. The predicted octanol–water partition coefficient (Wildman–Crippen LogP) is 4.61. The first kappa shape index (κ1) is 16.1.